The second-order valence-corrected chi connectivity index (χ2v) is 8.24. The van der Waals surface area contributed by atoms with Gasteiger partial charge in [0, 0.05) is 0 Å². The molecule has 174 valence electrons. The molecule has 0 spiro atoms. The molecule has 5 N–H and O–H groups in total. The summed E-state index contributed by atoms with van der Waals surface area (Å²) in [6, 6.07) is 0. The summed E-state index contributed by atoms with van der Waals surface area (Å²) < 4.78 is 7.09. The minimum Gasteiger partial charge on any atom is -0.394 e. The first kappa shape index (κ1) is 22.8. The zero-order valence-electron chi connectivity index (χ0n) is 17.9. The molecule has 0 amide bonds. The van der Waals surface area contributed by atoms with Crippen molar-refractivity contribution in [3.8, 4) is 11.8 Å². The van der Waals surface area contributed by atoms with Gasteiger partial charge in [0.25, 0.3) is 0 Å². The Kier molecular flexibility index (Phi) is 6.90. The molecule has 32 heavy (non-hydrogen) atoms. The highest BCUT2D eigenvalue weighted by atomic mass is 16.6. The first-order valence-electron chi connectivity index (χ1n) is 11.0. The largest absolute Gasteiger partial charge is 0.394 e. The fourth-order valence-electron chi connectivity index (χ4n) is 4.00. The highest BCUT2D eigenvalue weighted by molar-refractivity contribution is 5.83. The number of hydrogen-bond acceptors (Lipinski definition) is 10. The molecular weight excluding hydrogens is 418 g/mol. The summed E-state index contributed by atoms with van der Waals surface area (Å²) in [6.07, 6.45) is 1.85. The molecule has 0 bridgehead atoms. The number of fused-ring (bicyclic) bond motifs is 1. The van der Waals surface area contributed by atoms with Crippen LogP contribution >= 0.6 is 0 Å². The summed E-state index contributed by atoms with van der Waals surface area (Å²) >= 11 is 0. The zero-order valence-corrected chi connectivity index (χ0v) is 17.9. The molecule has 0 aromatic carbocycles. The van der Waals surface area contributed by atoms with E-state index in [9.17, 15) is 20.4 Å². The lowest BCUT2D eigenvalue weighted by Crippen LogP contribution is -2.33. The number of hydrogen-bond donors (Lipinski definition) is 5. The number of rotatable bonds is 6. The Labute approximate surface area is 185 Å². The van der Waals surface area contributed by atoms with Crippen LogP contribution in [0.4, 0.5) is 5.82 Å². The van der Waals surface area contributed by atoms with Crippen molar-refractivity contribution < 1.29 is 30.0 Å². The van der Waals surface area contributed by atoms with Gasteiger partial charge in [0.05, 0.1) is 19.5 Å². The van der Waals surface area contributed by atoms with Crippen LogP contribution in [0.2, 0.25) is 0 Å². The molecular formula is C21H29N5O6. The summed E-state index contributed by atoms with van der Waals surface area (Å²) in [5.74, 6) is 6.22. The third kappa shape index (κ3) is 4.56. The van der Waals surface area contributed by atoms with Crippen LogP contribution in [0.1, 0.15) is 57.5 Å². The van der Waals surface area contributed by atoms with Gasteiger partial charge in [-0.15, -0.1) is 0 Å². The van der Waals surface area contributed by atoms with Crippen molar-refractivity contribution in [2.75, 3.05) is 18.7 Å². The number of aliphatic hydroxyl groups is 4. The number of anilines is 1. The van der Waals surface area contributed by atoms with E-state index in [0.717, 1.165) is 25.7 Å². The number of nitrogens with zero attached hydrogens (tertiary/aromatic N) is 4. The maximum atomic E-state index is 10.7. The van der Waals surface area contributed by atoms with E-state index in [1.807, 2.05) is 6.92 Å². The Balaban J connectivity index is 1.72. The van der Waals surface area contributed by atoms with Crippen LogP contribution < -0.4 is 5.48 Å². The Morgan fingerprint density at radius 3 is 2.72 bits per heavy atom. The monoisotopic (exact) mass is 447 g/mol. The van der Waals surface area contributed by atoms with E-state index in [-0.39, 0.29) is 11.6 Å². The molecule has 0 unspecified atom stereocenters. The number of nitrogens with one attached hydrogen (secondary N) is 1. The lowest BCUT2D eigenvalue weighted by Gasteiger charge is -2.26. The van der Waals surface area contributed by atoms with Gasteiger partial charge in [0.15, 0.2) is 23.2 Å². The molecule has 1 aliphatic carbocycles. The second kappa shape index (κ2) is 9.66. The fraction of sp³-hybridized carbons (Fsp3) is 0.667. The van der Waals surface area contributed by atoms with Gasteiger partial charge in [-0.3, -0.25) is 9.40 Å². The van der Waals surface area contributed by atoms with Crippen molar-refractivity contribution in [3.05, 3.63) is 12.2 Å². The molecule has 1 saturated heterocycles. The number of imidazole rings is 1. The minimum atomic E-state index is -1.29. The van der Waals surface area contributed by atoms with Crippen LogP contribution in [0, 0.1) is 11.8 Å². The lowest BCUT2D eigenvalue weighted by atomic mass is 9.85. The van der Waals surface area contributed by atoms with Gasteiger partial charge in [-0.05, 0) is 38.0 Å². The third-order valence-corrected chi connectivity index (χ3v) is 5.78. The normalized spacial score (nSPS) is 27.3. The molecule has 0 radical (unpaired) electrons. The summed E-state index contributed by atoms with van der Waals surface area (Å²) in [7, 11) is 0. The standard InChI is InChI=1S/C21H29N5O6/c1-2-10-31-25-18-15-19(24-14(23-18)6-9-21(30)7-4-3-5-8-21)26(12-22-15)20-17(29)16(28)13(11-27)32-20/h12-13,16-17,20,27-30H,2-5,7-8,10-11H2,1H3,(H,23,24,25)/t13-,16-,17-,20-/m1/s1. The SMILES string of the molecule is CCCONc1nc(C#CC2(O)CCCCC2)nc2c1ncn2[C@@H]1O[C@H](CO)[C@@H](O)[C@H]1O. The van der Waals surface area contributed by atoms with Crippen molar-refractivity contribution in [2.45, 2.75) is 75.6 Å². The average Bonchev–Trinajstić information content (AvgIpc) is 3.34. The van der Waals surface area contributed by atoms with E-state index in [1.54, 1.807) is 0 Å². The van der Waals surface area contributed by atoms with E-state index < -0.39 is 36.7 Å². The molecule has 1 saturated carbocycles. The Bertz CT molecular complexity index is 996. The predicted octanol–water partition coefficient (Wildman–Crippen LogP) is 0.238. The summed E-state index contributed by atoms with van der Waals surface area (Å²) in [4.78, 5) is 18.6. The summed E-state index contributed by atoms with van der Waals surface area (Å²) in [5.41, 5.74) is 2.37. The topological polar surface area (TPSA) is 155 Å². The van der Waals surface area contributed by atoms with Crippen LogP contribution in [0.15, 0.2) is 6.33 Å². The molecule has 2 aliphatic rings. The molecule has 11 nitrogen and oxygen atoms in total. The third-order valence-electron chi connectivity index (χ3n) is 5.78. The molecule has 4 atom stereocenters. The molecule has 1 aliphatic heterocycles. The molecule has 4 rings (SSSR count). The summed E-state index contributed by atoms with van der Waals surface area (Å²) in [5, 5.41) is 40.7. The molecule has 2 fully saturated rings. The molecule has 2 aromatic heterocycles. The van der Waals surface area contributed by atoms with Gasteiger partial charge < -0.3 is 25.2 Å². The first-order valence-corrected chi connectivity index (χ1v) is 11.0. The van der Waals surface area contributed by atoms with Crippen molar-refractivity contribution in [1.82, 2.24) is 19.5 Å². The van der Waals surface area contributed by atoms with Crippen molar-refractivity contribution in [3.63, 3.8) is 0 Å². The second-order valence-electron chi connectivity index (χ2n) is 8.24. The van der Waals surface area contributed by atoms with Gasteiger partial charge in [-0.25, -0.2) is 15.4 Å². The molecule has 3 heterocycles. The van der Waals surface area contributed by atoms with E-state index in [0.29, 0.717) is 30.6 Å². The molecule has 11 heteroatoms. The number of ether oxygens (including phenoxy) is 1. The van der Waals surface area contributed by atoms with Gasteiger partial charge in [-0.1, -0.05) is 19.3 Å². The maximum absolute atomic E-state index is 10.7. The van der Waals surface area contributed by atoms with Crippen LogP contribution in [0.5, 0.6) is 0 Å². The van der Waals surface area contributed by atoms with Gasteiger partial charge in [0.2, 0.25) is 5.82 Å². The van der Waals surface area contributed by atoms with Gasteiger partial charge >= 0.3 is 0 Å². The van der Waals surface area contributed by atoms with Gasteiger partial charge in [-0.2, -0.15) is 4.98 Å². The van der Waals surface area contributed by atoms with E-state index in [1.165, 1.54) is 10.9 Å². The smallest absolute Gasteiger partial charge is 0.209 e. The first-order chi connectivity index (χ1) is 15.5. The molecule has 2 aromatic rings. The Hall–Kier alpha value is -2.33. The van der Waals surface area contributed by atoms with E-state index in [4.69, 9.17) is 9.57 Å². The highest BCUT2D eigenvalue weighted by Crippen LogP contribution is 2.32. The average molecular weight is 447 g/mol. The quantitative estimate of drug-likeness (QED) is 0.236. The van der Waals surface area contributed by atoms with E-state index >= 15 is 0 Å². The Morgan fingerprint density at radius 2 is 2.03 bits per heavy atom. The number of aliphatic hydroxyl groups excluding tert-OH is 3. The zero-order chi connectivity index (χ0) is 22.7. The Morgan fingerprint density at radius 1 is 1.25 bits per heavy atom. The van der Waals surface area contributed by atoms with E-state index in [2.05, 4.69) is 32.3 Å². The van der Waals surface area contributed by atoms with Crippen molar-refractivity contribution in [1.29, 1.82) is 0 Å². The highest BCUT2D eigenvalue weighted by Gasteiger charge is 2.44. The minimum absolute atomic E-state index is 0.146. The van der Waals surface area contributed by atoms with Crippen LogP contribution in [0.25, 0.3) is 11.2 Å². The summed E-state index contributed by atoms with van der Waals surface area (Å²) in [6.45, 7) is 1.97. The van der Waals surface area contributed by atoms with Crippen LogP contribution in [-0.2, 0) is 9.57 Å². The maximum Gasteiger partial charge on any atom is 0.209 e. The van der Waals surface area contributed by atoms with Crippen molar-refractivity contribution in [2.24, 2.45) is 0 Å². The predicted molar refractivity (Wildman–Crippen MR) is 113 cm³/mol. The lowest BCUT2D eigenvalue weighted by molar-refractivity contribution is -0.0511. The van der Waals surface area contributed by atoms with Crippen LogP contribution in [-0.4, -0.2) is 77.1 Å². The number of aromatic nitrogens is 4. The van der Waals surface area contributed by atoms with Gasteiger partial charge in [0.1, 0.15) is 23.9 Å². The van der Waals surface area contributed by atoms with Crippen molar-refractivity contribution >= 4 is 17.0 Å². The van der Waals surface area contributed by atoms with Crippen LogP contribution in [0.3, 0.4) is 0 Å². The fourth-order valence-corrected chi connectivity index (χ4v) is 4.00.